The molecule has 3 heteroatoms. The van der Waals surface area contributed by atoms with Gasteiger partial charge >= 0.3 is 0 Å². The summed E-state index contributed by atoms with van der Waals surface area (Å²) in [5.74, 6) is 0. The summed E-state index contributed by atoms with van der Waals surface area (Å²) < 4.78 is 4.29. The molecule has 1 aromatic rings. The van der Waals surface area contributed by atoms with Gasteiger partial charge in [0.2, 0.25) is 0 Å². The van der Waals surface area contributed by atoms with Crippen LogP contribution in [0.25, 0.3) is 5.57 Å². The Kier molecular flexibility index (Phi) is 3.80. The Morgan fingerprint density at radius 1 is 1.25 bits per heavy atom. The van der Waals surface area contributed by atoms with Gasteiger partial charge < -0.3 is 4.90 Å². The summed E-state index contributed by atoms with van der Waals surface area (Å²) in [7, 11) is 4.21. The van der Waals surface area contributed by atoms with Crippen LogP contribution in [0.1, 0.15) is 12.0 Å². The van der Waals surface area contributed by atoms with Crippen molar-refractivity contribution in [3.63, 3.8) is 0 Å². The van der Waals surface area contributed by atoms with Gasteiger partial charge in [-0.15, -0.1) is 0 Å². The van der Waals surface area contributed by atoms with Gasteiger partial charge in [-0.05, 0) is 43.8 Å². The Labute approximate surface area is 101 Å². The molecule has 0 radical (unpaired) electrons. The zero-order chi connectivity index (χ0) is 11.4. The van der Waals surface area contributed by atoms with E-state index in [2.05, 4.69) is 53.7 Å². The molecule has 0 spiro atoms. The van der Waals surface area contributed by atoms with Crippen LogP contribution in [0, 0.1) is 0 Å². The lowest BCUT2D eigenvalue weighted by molar-refractivity contribution is 0.419. The molecule has 0 fully saturated rings. The van der Waals surface area contributed by atoms with Gasteiger partial charge in [0.1, 0.15) is 0 Å². The van der Waals surface area contributed by atoms with Gasteiger partial charge in [-0.3, -0.25) is 0 Å². The number of allylic oxidation sites excluding steroid dienone is 1. The number of benzene rings is 1. The summed E-state index contributed by atoms with van der Waals surface area (Å²) in [5, 5.41) is 0. The van der Waals surface area contributed by atoms with Gasteiger partial charge in [-0.25, -0.2) is 4.40 Å². The van der Waals surface area contributed by atoms with Crippen molar-refractivity contribution >= 4 is 23.7 Å². The van der Waals surface area contributed by atoms with E-state index in [0.29, 0.717) is 0 Å². The molecule has 1 heterocycles. The van der Waals surface area contributed by atoms with E-state index in [1.54, 1.807) is 11.9 Å². The first kappa shape index (κ1) is 11.4. The average molecular weight is 232 g/mol. The van der Waals surface area contributed by atoms with Crippen LogP contribution >= 0.6 is 11.9 Å². The smallest absolute Gasteiger partial charge is 0.0380 e. The van der Waals surface area contributed by atoms with Crippen molar-refractivity contribution in [2.75, 3.05) is 20.6 Å². The van der Waals surface area contributed by atoms with Crippen molar-refractivity contribution in [1.29, 1.82) is 0 Å². The molecule has 0 N–H and O–H groups in total. The van der Waals surface area contributed by atoms with E-state index in [9.17, 15) is 0 Å². The number of rotatable bonds is 3. The monoisotopic (exact) mass is 232 g/mol. The highest BCUT2D eigenvalue weighted by Crippen LogP contribution is 2.32. The van der Waals surface area contributed by atoms with E-state index in [0.717, 1.165) is 13.0 Å². The molecule has 84 valence electrons. The first-order valence-electron chi connectivity index (χ1n) is 5.41. The van der Waals surface area contributed by atoms with Gasteiger partial charge in [-0.1, -0.05) is 18.2 Å². The Balaban J connectivity index is 2.24. The summed E-state index contributed by atoms with van der Waals surface area (Å²) in [6.07, 6.45) is 5.09. The Hall–Kier alpha value is -1.06. The molecule has 1 aliphatic rings. The second-order valence-electron chi connectivity index (χ2n) is 4.09. The first-order chi connectivity index (χ1) is 7.77. The van der Waals surface area contributed by atoms with E-state index >= 15 is 0 Å². The zero-order valence-corrected chi connectivity index (χ0v) is 10.5. The standard InChI is InChI=1S/C13H16N2S/c1-15(2)10-8-11-7-9-14-16-13-6-4-3-5-12(11)13/h3-7,9H,8,10H2,1-2H3. The molecule has 1 aromatic carbocycles. The van der Waals surface area contributed by atoms with Crippen LogP contribution in [0.3, 0.4) is 0 Å². The predicted molar refractivity (Wildman–Crippen MR) is 71.9 cm³/mol. The third-order valence-electron chi connectivity index (χ3n) is 2.55. The zero-order valence-electron chi connectivity index (χ0n) is 9.68. The topological polar surface area (TPSA) is 15.6 Å². The van der Waals surface area contributed by atoms with E-state index in [1.807, 2.05) is 6.21 Å². The summed E-state index contributed by atoms with van der Waals surface area (Å²) in [6, 6.07) is 8.47. The molecular weight excluding hydrogens is 216 g/mol. The van der Waals surface area contributed by atoms with Gasteiger partial charge in [0, 0.05) is 29.6 Å². The minimum atomic E-state index is 1.07. The van der Waals surface area contributed by atoms with Crippen LogP contribution in [0.15, 0.2) is 39.6 Å². The lowest BCUT2D eigenvalue weighted by atomic mass is 10.0. The highest BCUT2D eigenvalue weighted by atomic mass is 32.2. The minimum Gasteiger partial charge on any atom is -0.309 e. The summed E-state index contributed by atoms with van der Waals surface area (Å²) >= 11 is 1.55. The maximum Gasteiger partial charge on any atom is 0.0380 e. The SMILES string of the molecule is CN(C)CCC1=CC=NSc2ccccc21. The molecule has 2 rings (SSSR count). The van der Waals surface area contributed by atoms with Gasteiger partial charge in [0.15, 0.2) is 0 Å². The molecule has 0 saturated heterocycles. The third-order valence-corrected chi connectivity index (χ3v) is 3.33. The van der Waals surface area contributed by atoms with Gasteiger partial charge in [0.05, 0.1) is 0 Å². The molecule has 0 saturated carbocycles. The van der Waals surface area contributed by atoms with Crippen LogP contribution < -0.4 is 0 Å². The number of hydrogen-bond donors (Lipinski definition) is 0. The van der Waals surface area contributed by atoms with Crippen LogP contribution in [-0.4, -0.2) is 31.8 Å². The third kappa shape index (κ3) is 2.74. The van der Waals surface area contributed by atoms with Crippen molar-refractivity contribution in [2.45, 2.75) is 11.3 Å². The molecule has 0 atom stereocenters. The fourth-order valence-corrected chi connectivity index (χ4v) is 2.34. The van der Waals surface area contributed by atoms with E-state index in [1.165, 1.54) is 16.0 Å². The van der Waals surface area contributed by atoms with Crippen molar-refractivity contribution < 1.29 is 0 Å². The Morgan fingerprint density at radius 2 is 2.06 bits per heavy atom. The first-order valence-corrected chi connectivity index (χ1v) is 6.18. The summed E-state index contributed by atoms with van der Waals surface area (Å²) in [5.41, 5.74) is 2.70. The second-order valence-corrected chi connectivity index (χ2v) is 4.92. The summed E-state index contributed by atoms with van der Waals surface area (Å²) in [4.78, 5) is 3.46. The summed E-state index contributed by atoms with van der Waals surface area (Å²) in [6.45, 7) is 1.07. The van der Waals surface area contributed by atoms with Crippen LogP contribution in [0.2, 0.25) is 0 Å². The van der Waals surface area contributed by atoms with Crippen molar-refractivity contribution in [1.82, 2.24) is 4.90 Å². The fraction of sp³-hybridized carbons (Fsp3) is 0.308. The predicted octanol–water partition coefficient (Wildman–Crippen LogP) is 3.11. The number of hydrogen-bond acceptors (Lipinski definition) is 3. The number of fused-ring (bicyclic) bond motifs is 1. The lowest BCUT2D eigenvalue weighted by Crippen LogP contribution is -2.13. The van der Waals surface area contributed by atoms with Crippen molar-refractivity contribution in [3.05, 3.63) is 35.9 Å². The second kappa shape index (κ2) is 5.32. The maximum atomic E-state index is 4.29. The van der Waals surface area contributed by atoms with Crippen LogP contribution in [0.5, 0.6) is 0 Å². The van der Waals surface area contributed by atoms with Crippen LogP contribution in [0.4, 0.5) is 0 Å². The molecule has 0 amide bonds. The van der Waals surface area contributed by atoms with Crippen molar-refractivity contribution in [3.8, 4) is 0 Å². The molecule has 1 aliphatic heterocycles. The molecule has 0 aromatic heterocycles. The molecule has 2 nitrogen and oxygen atoms in total. The quantitative estimate of drug-likeness (QED) is 0.744. The molecule has 0 unspecified atom stereocenters. The van der Waals surface area contributed by atoms with Gasteiger partial charge in [0.25, 0.3) is 0 Å². The lowest BCUT2D eigenvalue weighted by Gasteiger charge is -2.13. The van der Waals surface area contributed by atoms with E-state index < -0.39 is 0 Å². The van der Waals surface area contributed by atoms with E-state index in [4.69, 9.17) is 0 Å². The normalized spacial score (nSPS) is 14.6. The molecule has 16 heavy (non-hydrogen) atoms. The number of nitrogens with zero attached hydrogens (tertiary/aromatic N) is 2. The largest absolute Gasteiger partial charge is 0.309 e. The maximum absolute atomic E-state index is 4.29. The minimum absolute atomic E-state index is 1.07. The highest BCUT2D eigenvalue weighted by molar-refractivity contribution is 7.98. The van der Waals surface area contributed by atoms with Crippen molar-refractivity contribution in [2.24, 2.45) is 4.40 Å². The highest BCUT2D eigenvalue weighted by Gasteiger charge is 2.09. The molecule has 0 aliphatic carbocycles. The van der Waals surface area contributed by atoms with Gasteiger partial charge in [-0.2, -0.15) is 0 Å². The average Bonchev–Trinajstić information content (AvgIpc) is 2.48. The van der Waals surface area contributed by atoms with Crippen LogP contribution in [-0.2, 0) is 0 Å². The fourth-order valence-electron chi connectivity index (χ4n) is 1.67. The molecular formula is C13H16N2S. The molecule has 0 bridgehead atoms. The van der Waals surface area contributed by atoms with E-state index in [-0.39, 0.29) is 0 Å². The Morgan fingerprint density at radius 3 is 2.88 bits per heavy atom. The Bertz CT molecular complexity index is 422.